The largest absolute Gasteiger partial charge is 0.206 e. The van der Waals surface area contributed by atoms with Crippen molar-refractivity contribution in [2.24, 2.45) is 0 Å². The van der Waals surface area contributed by atoms with E-state index in [2.05, 4.69) is 11.8 Å². The van der Waals surface area contributed by atoms with Gasteiger partial charge in [-0.2, -0.15) is 0 Å². The van der Waals surface area contributed by atoms with Crippen molar-refractivity contribution in [3.63, 3.8) is 0 Å². The van der Waals surface area contributed by atoms with Crippen LogP contribution in [0.1, 0.15) is 54.7 Å². The number of hydrogen-bond donors (Lipinski definition) is 0. The van der Waals surface area contributed by atoms with Gasteiger partial charge in [0.05, 0.1) is 5.56 Å². The number of benzene rings is 2. The molecule has 0 N–H and O–H groups in total. The Labute approximate surface area is 133 Å². The fourth-order valence-corrected chi connectivity index (χ4v) is 3.03. The minimum atomic E-state index is -0.217. The van der Waals surface area contributed by atoms with Crippen LogP contribution in [0.2, 0.25) is 0 Å². The van der Waals surface area contributed by atoms with Gasteiger partial charge in [-0.25, -0.2) is 4.39 Å². The Hall–Kier alpha value is -2.01. The molecule has 1 saturated carbocycles. The van der Waals surface area contributed by atoms with Gasteiger partial charge in [0.2, 0.25) is 0 Å². The summed E-state index contributed by atoms with van der Waals surface area (Å²) in [4.78, 5) is 0. The van der Waals surface area contributed by atoms with Gasteiger partial charge in [-0.15, -0.1) is 0 Å². The molecule has 22 heavy (non-hydrogen) atoms. The molecule has 0 nitrogen and oxygen atoms in total. The van der Waals surface area contributed by atoms with Crippen molar-refractivity contribution in [2.45, 2.75) is 38.0 Å². The van der Waals surface area contributed by atoms with Crippen molar-refractivity contribution in [1.82, 2.24) is 0 Å². The van der Waals surface area contributed by atoms with Gasteiger partial charge in [0.15, 0.2) is 0 Å². The predicted octanol–water partition coefficient (Wildman–Crippen LogP) is 4.07. The van der Waals surface area contributed by atoms with Crippen LogP contribution in [-0.4, -0.2) is 7.85 Å². The normalized spacial score (nSPS) is 15.1. The van der Waals surface area contributed by atoms with E-state index in [0.29, 0.717) is 16.9 Å². The maximum absolute atomic E-state index is 14.2. The molecule has 0 spiro atoms. The molecule has 0 heterocycles. The lowest BCUT2D eigenvalue weighted by atomic mass is 9.84. The predicted molar refractivity (Wildman–Crippen MR) is 90.0 cm³/mol. The van der Waals surface area contributed by atoms with E-state index in [1.54, 1.807) is 18.2 Å². The molecule has 0 atom stereocenters. The molecule has 0 amide bonds. The Morgan fingerprint density at radius 1 is 0.909 bits per heavy atom. The summed E-state index contributed by atoms with van der Waals surface area (Å²) >= 11 is 0. The second-order valence-corrected chi connectivity index (χ2v) is 5.95. The molecule has 2 heteroatoms. The quantitative estimate of drug-likeness (QED) is 0.548. The molecule has 3 rings (SSSR count). The van der Waals surface area contributed by atoms with Gasteiger partial charge in [0.25, 0.3) is 0 Å². The standard InChI is InChI=1S/C20H18BF/c21-19-12-7-15(8-13-19)6-9-17-10-11-18(14-20(17)22)16-4-2-1-3-5-16/h7-8,10-14,16H,1-5H2. The Morgan fingerprint density at radius 3 is 2.32 bits per heavy atom. The first-order valence-corrected chi connectivity index (χ1v) is 7.89. The highest BCUT2D eigenvalue weighted by molar-refractivity contribution is 6.32. The van der Waals surface area contributed by atoms with Crippen molar-refractivity contribution in [3.05, 3.63) is 65.0 Å². The zero-order valence-corrected chi connectivity index (χ0v) is 12.6. The van der Waals surface area contributed by atoms with Gasteiger partial charge in [0.1, 0.15) is 13.7 Å². The average molecular weight is 288 g/mol. The van der Waals surface area contributed by atoms with Crippen molar-refractivity contribution in [3.8, 4) is 11.8 Å². The van der Waals surface area contributed by atoms with Gasteiger partial charge in [-0.1, -0.05) is 54.8 Å². The highest BCUT2D eigenvalue weighted by Crippen LogP contribution is 2.33. The zero-order chi connectivity index (χ0) is 15.4. The van der Waals surface area contributed by atoms with Crippen LogP contribution in [0.15, 0.2) is 42.5 Å². The van der Waals surface area contributed by atoms with Crippen LogP contribution in [0.4, 0.5) is 4.39 Å². The minimum Gasteiger partial charge on any atom is -0.206 e. The number of rotatable bonds is 1. The topological polar surface area (TPSA) is 0 Å². The monoisotopic (exact) mass is 288 g/mol. The van der Waals surface area contributed by atoms with Gasteiger partial charge in [-0.05, 0) is 48.6 Å². The second-order valence-electron chi connectivity index (χ2n) is 5.95. The molecule has 2 radical (unpaired) electrons. The number of hydrogen-bond acceptors (Lipinski definition) is 0. The summed E-state index contributed by atoms with van der Waals surface area (Å²) in [6.45, 7) is 0. The molecule has 1 aliphatic carbocycles. The molecule has 2 aromatic carbocycles. The van der Waals surface area contributed by atoms with Crippen LogP contribution >= 0.6 is 0 Å². The van der Waals surface area contributed by atoms with E-state index in [1.165, 1.54) is 32.1 Å². The lowest BCUT2D eigenvalue weighted by Gasteiger charge is -2.22. The summed E-state index contributed by atoms with van der Waals surface area (Å²) in [6.07, 6.45) is 6.17. The summed E-state index contributed by atoms with van der Waals surface area (Å²) in [5.41, 5.74) is 3.12. The van der Waals surface area contributed by atoms with Crippen LogP contribution in [0.25, 0.3) is 0 Å². The molecule has 108 valence electrons. The molecule has 0 unspecified atom stereocenters. The van der Waals surface area contributed by atoms with Gasteiger partial charge in [-0.3, -0.25) is 0 Å². The van der Waals surface area contributed by atoms with Crippen molar-refractivity contribution in [1.29, 1.82) is 0 Å². The smallest absolute Gasteiger partial charge is 0.139 e. The first-order valence-electron chi connectivity index (χ1n) is 7.89. The van der Waals surface area contributed by atoms with Crippen LogP contribution in [0, 0.1) is 17.7 Å². The SMILES string of the molecule is [B]c1ccc(C#Cc2ccc(C3CCCCC3)cc2F)cc1. The first kappa shape index (κ1) is 14.9. The lowest BCUT2D eigenvalue weighted by molar-refractivity contribution is 0.442. The van der Waals surface area contributed by atoms with Crippen LogP contribution in [0.5, 0.6) is 0 Å². The molecule has 0 aliphatic heterocycles. The molecule has 0 aromatic heterocycles. The molecular formula is C20H18BF. The average Bonchev–Trinajstić information content (AvgIpc) is 2.56. The van der Waals surface area contributed by atoms with Crippen molar-refractivity contribution >= 4 is 13.3 Å². The Morgan fingerprint density at radius 2 is 1.64 bits per heavy atom. The summed E-state index contributed by atoms with van der Waals surface area (Å²) in [5, 5.41) is 0. The third-order valence-electron chi connectivity index (χ3n) is 4.32. The third-order valence-corrected chi connectivity index (χ3v) is 4.32. The van der Waals surface area contributed by atoms with Gasteiger partial charge >= 0.3 is 0 Å². The molecule has 2 aromatic rings. The maximum Gasteiger partial charge on any atom is 0.139 e. The molecular weight excluding hydrogens is 270 g/mol. The van der Waals surface area contributed by atoms with E-state index in [4.69, 9.17) is 7.85 Å². The van der Waals surface area contributed by atoms with Crippen molar-refractivity contribution < 1.29 is 4.39 Å². The Kier molecular flexibility index (Phi) is 4.63. The maximum atomic E-state index is 14.2. The van der Waals surface area contributed by atoms with E-state index in [-0.39, 0.29) is 5.82 Å². The highest BCUT2D eigenvalue weighted by Gasteiger charge is 2.16. The highest BCUT2D eigenvalue weighted by atomic mass is 19.1. The summed E-state index contributed by atoms with van der Waals surface area (Å²) < 4.78 is 14.2. The first-order chi connectivity index (χ1) is 10.7. The van der Waals surface area contributed by atoms with E-state index in [9.17, 15) is 4.39 Å². The molecule has 0 saturated heterocycles. The molecule has 1 aliphatic rings. The van der Waals surface area contributed by atoms with E-state index >= 15 is 0 Å². The van der Waals surface area contributed by atoms with E-state index in [1.807, 2.05) is 24.3 Å². The fraction of sp³-hybridized carbons (Fsp3) is 0.300. The van der Waals surface area contributed by atoms with Crippen LogP contribution < -0.4 is 5.46 Å². The zero-order valence-electron chi connectivity index (χ0n) is 12.6. The van der Waals surface area contributed by atoms with E-state index in [0.717, 1.165) is 11.1 Å². The molecule has 1 fully saturated rings. The van der Waals surface area contributed by atoms with Crippen LogP contribution in [0.3, 0.4) is 0 Å². The second kappa shape index (κ2) is 6.84. The summed E-state index contributed by atoms with van der Waals surface area (Å²) in [7, 11) is 5.64. The minimum absolute atomic E-state index is 0.217. The summed E-state index contributed by atoms with van der Waals surface area (Å²) in [6, 6.07) is 12.8. The summed E-state index contributed by atoms with van der Waals surface area (Å²) in [5.74, 6) is 6.19. The fourth-order valence-electron chi connectivity index (χ4n) is 3.03. The van der Waals surface area contributed by atoms with Crippen molar-refractivity contribution in [2.75, 3.05) is 0 Å². The van der Waals surface area contributed by atoms with Crippen LogP contribution in [-0.2, 0) is 0 Å². The third kappa shape index (κ3) is 3.60. The van der Waals surface area contributed by atoms with Gasteiger partial charge in [0, 0.05) is 5.56 Å². The van der Waals surface area contributed by atoms with E-state index < -0.39 is 0 Å². The van der Waals surface area contributed by atoms with Gasteiger partial charge < -0.3 is 0 Å². The lowest BCUT2D eigenvalue weighted by Crippen LogP contribution is -2.05. The number of halogens is 1. The molecule has 0 bridgehead atoms. The Balaban J connectivity index is 1.79. The Bertz CT molecular complexity index is 701.